The van der Waals surface area contributed by atoms with Gasteiger partial charge in [-0.15, -0.1) is 0 Å². The zero-order valence-electron chi connectivity index (χ0n) is 10.0. The number of esters is 1. The largest absolute Gasteiger partial charge is 0.462 e. The molecule has 0 aliphatic carbocycles. The van der Waals surface area contributed by atoms with Crippen LogP contribution in [0.1, 0.15) is 59.8 Å². The van der Waals surface area contributed by atoms with Gasteiger partial charge in [-0.1, -0.05) is 40.5 Å². The van der Waals surface area contributed by atoms with Gasteiger partial charge >= 0.3 is 5.97 Å². The van der Waals surface area contributed by atoms with E-state index in [1.54, 1.807) is 0 Å². The maximum Gasteiger partial charge on any atom is 0.308 e. The summed E-state index contributed by atoms with van der Waals surface area (Å²) in [5.74, 6) is 0.0149. The van der Waals surface area contributed by atoms with Gasteiger partial charge in [-0.3, -0.25) is 4.79 Å². The van der Waals surface area contributed by atoms with E-state index < -0.39 is 0 Å². The molecule has 2 heteroatoms. The Morgan fingerprint density at radius 1 is 1.21 bits per heavy atom. The molecule has 0 aromatic rings. The van der Waals surface area contributed by atoms with Gasteiger partial charge in [-0.05, 0) is 19.3 Å². The van der Waals surface area contributed by atoms with Crippen LogP contribution in [0, 0.1) is 5.92 Å². The molecule has 0 fully saturated rings. The summed E-state index contributed by atoms with van der Waals surface area (Å²) in [6, 6.07) is 0. The van der Waals surface area contributed by atoms with Gasteiger partial charge in [0, 0.05) is 0 Å². The molecule has 0 saturated heterocycles. The lowest BCUT2D eigenvalue weighted by Crippen LogP contribution is -2.22. The van der Waals surface area contributed by atoms with E-state index in [9.17, 15) is 4.79 Å². The van der Waals surface area contributed by atoms with E-state index in [4.69, 9.17) is 4.74 Å². The SMILES string of the molecule is CCCCC(CC)OC(=O)C(C)CC. The smallest absolute Gasteiger partial charge is 0.308 e. The molecule has 0 saturated carbocycles. The van der Waals surface area contributed by atoms with Crippen molar-refractivity contribution in [2.75, 3.05) is 0 Å². The highest BCUT2D eigenvalue weighted by Gasteiger charge is 2.16. The maximum absolute atomic E-state index is 11.5. The second kappa shape index (κ2) is 7.84. The molecule has 0 aliphatic heterocycles. The van der Waals surface area contributed by atoms with Crippen molar-refractivity contribution in [3.63, 3.8) is 0 Å². The van der Waals surface area contributed by atoms with E-state index in [0.717, 1.165) is 32.1 Å². The first-order valence-corrected chi connectivity index (χ1v) is 5.86. The molecular formula is C12H24O2. The summed E-state index contributed by atoms with van der Waals surface area (Å²) in [5, 5.41) is 0. The second-order valence-electron chi connectivity index (χ2n) is 3.92. The molecule has 0 radical (unpaired) electrons. The first kappa shape index (κ1) is 13.5. The molecule has 0 N–H and O–H groups in total. The molecule has 0 aromatic heterocycles. The standard InChI is InChI=1S/C12H24O2/c1-5-8-9-11(7-3)14-12(13)10(4)6-2/h10-11H,5-9H2,1-4H3. The molecule has 0 bridgehead atoms. The van der Waals surface area contributed by atoms with Crippen LogP contribution in [0.15, 0.2) is 0 Å². The first-order chi connectivity index (χ1) is 6.65. The van der Waals surface area contributed by atoms with Crippen LogP contribution in [0.3, 0.4) is 0 Å². The third-order valence-corrected chi connectivity index (χ3v) is 2.63. The number of hydrogen-bond donors (Lipinski definition) is 0. The second-order valence-corrected chi connectivity index (χ2v) is 3.92. The molecule has 0 aromatic carbocycles. The summed E-state index contributed by atoms with van der Waals surface area (Å²) in [5.41, 5.74) is 0. The molecule has 0 spiro atoms. The summed E-state index contributed by atoms with van der Waals surface area (Å²) < 4.78 is 5.42. The van der Waals surface area contributed by atoms with Gasteiger partial charge in [0.1, 0.15) is 6.10 Å². The summed E-state index contributed by atoms with van der Waals surface area (Å²) in [7, 11) is 0. The minimum absolute atomic E-state index is 0.0320. The zero-order chi connectivity index (χ0) is 11.0. The molecule has 2 unspecified atom stereocenters. The van der Waals surface area contributed by atoms with Crippen LogP contribution in [-0.2, 0) is 9.53 Å². The molecule has 0 aliphatic rings. The van der Waals surface area contributed by atoms with Crippen molar-refractivity contribution >= 4 is 5.97 Å². The highest BCUT2D eigenvalue weighted by molar-refractivity contribution is 5.72. The highest BCUT2D eigenvalue weighted by atomic mass is 16.5. The van der Waals surface area contributed by atoms with Gasteiger partial charge in [0.05, 0.1) is 5.92 Å². The lowest BCUT2D eigenvalue weighted by atomic mass is 10.1. The van der Waals surface area contributed by atoms with Crippen LogP contribution in [0.5, 0.6) is 0 Å². The van der Waals surface area contributed by atoms with Crippen LogP contribution in [-0.4, -0.2) is 12.1 Å². The summed E-state index contributed by atoms with van der Waals surface area (Å²) in [6.45, 7) is 8.17. The maximum atomic E-state index is 11.5. The Hall–Kier alpha value is -0.530. The Kier molecular flexibility index (Phi) is 7.54. The zero-order valence-corrected chi connectivity index (χ0v) is 10.0. The van der Waals surface area contributed by atoms with Crippen molar-refractivity contribution in [2.24, 2.45) is 5.92 Å². The number of hydrogen-bond acceptors (Lipinski definition) is 2. The van der Waals surface area contributed by atoms with Crippen LogP contribution in [0.4, 0.5) is 0 Å². The van der Waals surface area contributed by atoms with Crippen molar-refractivity contribution in [2.45, 2.75) is 65.9 Å². The van der Waals surface area contributed by atoms with Crippen molar-refractivity contribution in [1.29, 1.82) is 0 Å². The van der Waals surface area contributed by atoms with E-state index in [-0.39, 0.29) is 18.0 Å². The lowest BCUT2D eigenvalue weighted by molar-refractivity contribution is -0.154. The van der Waals surface area contributed by atoms with Gasteiger partial charge in [0.15, 0.2) is 0 Å². The van der Waals surface area contributed by atoms with E-state index in [1.807, 2.05) is 13.8 Å². The molecular weight excluding hydrogens is 176 g/mol. The fourth-order valence-corrected chi connectivity index (χ4v) is 1.23. The van der Waals surface area contributed by atoms with Crippen molar-refractivity contribution in [1.82, 2.24) is 0 Å². The van der Waals surface area contributed by atoms with Gasteiger partial charge in [-0.25, -0.2) is 0 Å². The molecule has 2 nitrogen and oxygen atoms in total. The number of carbonyl (C=O) groups is 1. The molecule has 84 valence electrons. The van der Waals surface area contributed by atoms with E-state index in [1.165, 1.54) is 0 Å². The van der Waals surface area contributed by atoms with Crippen LogP contribution < -0.4 is 0 Å². The number of carbonyl (C=O) groups excluding carboxylic acids is 1. The summed E-state index contributed by atoms with van der Waals surface area (Å²) in [4.78, 5) is 11.5. The fourth-order valence-electron chi connectivity index (χ4n) is 1.23. The van der Waals surface area contributed by atoms with Gasteiger partial charge in [0.25, 0.3) is 0 Å². The normalized spacial score (nSPS) is 14.9. The fraction of sp³-hybridized carbons (Fsp3) is 0.917. The highest BCUT2D eigenvalue weighted by Crippen LogP contribution is 2.12. The minimum atomic E-state index is -0.0320. The van der Waals surface area contributed by atoms with Crippen molar-refractivity contribution in [3.05, 3.63) is 0 Å². The van der Waals surface area contributed by atoms with Crippen molar-refractivity contribution in [3.8, 4) is 0 Å². The minimum Gasteiger partial charge on any atom is -0.462 e. The monoisotopic (exact) mass is 200 g/mol. The summed E-state index contributed by atoms with van der Waals surface area (Å²) >= 11 is 0. The van der Waals surface area contributed by atoms with Crippen LogP contribution in [0.25, 0.3) is 0 Å². The molecule has 0 rings (SSSR count). The third kappa shape index (κ3) is 5.25. The topological polar surface area (TPSA) is 26.3 Å². The van der Waals surface area contributed by atoms with Crippen molar-refractivity contribution < 1.29 is 9.53 Å². The number of unbranched alkanes of at least 4 members (excludes halogenated alkanes) is 1. The average Bonchev–Trinajstić information content (AvgIpc) is 2.22. The first-order valence-electron chi connectivity index (χ1n) is 5.86. The van der Waals surface area contributed by atoms with E-state index in [0.29, 0.717) is 0 Å². The van der Waals surface area contributed by atoms with E-state index >= 15 is 0 Å². The Bertz CT molecular complexity index is 154. The number of rotatable bonds is 7. The molecule has 0 heterocycles. The average molecular weight is 200 g/mol. The summed E-state index contributed by atoms with van der Waals surface area (Å²) in [6.07, 6.45) is 5.25. The van der Waals surface area contributed by atoms with Crippen LogP contribution >= 0.6 is 0 Å². The van der Waals surface area contributed by atoms with Gasteiger partial charge < -0.3 is 4.74 Å². The molecule has 0 amide bonds. The lowest BCUT2D eigenvalue weighted by Gasteiger charge is -2.18. The Balaban J connectivity index is 3.85. The van der Waals surface area contributed by atoms with Gasteiger partial charge in [-0.2, -0.15) is 0 Å². The van der Waals surface area contributed by atoms with Gasteiger partial charge in [0.2, 0.25) is 0 Å². The third-order valence-electron chi connectivity index (χ3n) is 2.63. The predicted molar refractivity (Wildman–Crippen MR) is 59.2 cm³/mol. The number of ether oxygens (including phenoxy) is 1. The Morgan fingerprint density at radius 3 is 2.29 bits per heavy atom. The van der Waals surface area contributed by atoms with E-state index in [2.05, 4.69) is 13.8 Å². The Labute approximate surface area is 88.0 Å². The molecule has 14 heavy (non-hydrogen) atoms. The van der Waals surface area contributed by atoms with Crippen LogP contribution in [0.2, 0.25) is 0 Å². The quantitative estimate of drug-likeness (QED) is 0.587. The predicted octanol–water partition coefficient (Wildman–Crippen LogP) is 3.54. The molecule has 2 atom stereocenters. The Morgan fingerprint density at radius 2 is 1.86 bits per heavy atom.